The quantitative estimate of drug-likeness (QED) is 0.112. The highest BCUT2D eigenvalue weighted by molar-refractivity contribution is 6.31. The number of carbonyl (C=O) groups is 4. The van der Waals surface area contributed by atoms with Gasteiger partial charge >= 0.3 is 0 Å². The standard InChI is InChI=1S/C44H33Cl2FN4O5/c45-25-8-6-24(7-9-25)44-36(41(54)51(43(44)56)49-30-13-11-27(47)12-14-30)23-34-32(39(44)35-22-26(46)10-21-37(35)52)19-20-33-38(34)42(55)50(40(33)53)31-17-15-29(16-18-31)48-28-4-2-1-3-5-28/h1-19,21-22,33-34,36,38-39,48-49,52H,20,23H2/t33-,34+,36-,38-,39+,44+/m0/s1. The normalized spacial score (nSPS) is 25.4. The van der Waals surface area contributed by atoms with Gasteiger partial charge in [0.05, 0.1) is 34.5 Å². The van der Waals surface area contributed by atoms with E-state index in [-0.39, 0.29) is 24.5 Å². The fourth-order valence-corrected chi connectivity index (χ4v) is 9.70. The van der Waals surface area contributed by atoms with Gasteiger partial charge in [-0.25, -0.2) is 4.39 Å². The van der Waals surface area contributed by atoms with Crippen molar-refractivity contribution in [1.29, 1.82) is 0 Å². The number of hydrogen-bond donors (Lipinski definition) is 3. The summed E-state index contributed by atoms with van der Waals surface area (Å²) in [5.74, 6) is -6.86. The monoisotopic (exact) mass is 786 g/mol. The highest BCUT2D eigenvalue weighted by atomic mass is 35.5. The number of halogens is 3. The van der Waals surface area contributed by atoms with Gasteiger partial charge in [-0.05, 0) is 115 Å². The van der Waals surface area contributed by atoms with E-state index in [0.717, 1.165) is 16.4 Å². The number of phenolic OH excluding ortho intramolecular Hbond substituents is 1. The second kappa shape index (κ2) is 13.6. The summed E-state index contributed by atoms with van der Waals surface area (Å²) in [5, 5.41) is 16.5. The molecule has 56 heavy (non-hydrogen) atoms. The fourth-order valence-electron chi connectivity index (χ4n) is 9.39. The summed E-state index contributed by atoms with van der Waals surface area (Å²) in [6.07, 6.45) is 2.15. The number of hydrazine groups is 1. The van der Waals surface area contributed by atoms with Gasteiger partial charge in [0, 0.05) is 32.9 Å². The summed E-state index contributed by atoms with van der Waals surface area (Å²) in [4.78, 5) is 60.2. The van der Waals surface area contributed by atoms with Crippen LogP contribution >= 0.6 is 23.2 Å². The molecule has 2 heterocycles. The molecule has 0 bridgehead atoms. The van der Waals surface area contributed by atoms with Crippen LogP contribution in [-0.2, 0) is 24.6 Å². The molecule has 1 saturated carbocycles. The van der Waals surface area contributed by atoms with Crippen molar-refractivity contribution in [2.75, 3.05) is 15.6 Å². The van der Waals surface area contributed by atoms with E-state index in [1.807, 2.05) is 36.4 Å². The molecule has 0 unspecified atom stereocenters. The summed E-state index contributed by atoms with van der Waals surface area (Å²) in [5.41, 5.74) is 5.08. The van der Waals surface area contributed by atoms with Crippen LogP contribution in [0.15, 0.2) is 133 Å². The van der Waals surface area contributed by atoms with Crippen LogP contribution in [0, 0.1) is 29.5 Å². The molecule has 9 nitrogen and oxygen atoms in total. The van der Waals surface area contributed by atoms with E-state index in [9.17, 15) is 23.9 Å². The molecule has 0 radical (unpaired) electrons. The van der Waals surface area contributed by atoms with Gasteiger partial charge in [-0.2, -0.15) is 5.01 Å². The van der Waals surface area contributed by atoms with Crippen LogP contribution in [0.4, 0.5) is 27.1 Å². The Kier molecular flexibility index (Phi) is 8.71. The van der Waals surface area contributed by atoms with Crippen LogP contribution in [0.3, 0.4) is 0 Å². The maximum Gasteiger partial charge on any atom is 0.260 e. The van der Waals surface area contributed by atoms with Crippen LogP contribution in [-0.4, -0.2) is 33.7 Å². The highest BCUT2D eigenvalue weighted by Gasteiger charge is 2.70. The lowest BCUT2D eigenvalue weighted by molar-refractivity contribution is -0.138. The molecule has 4 aliphatic rings. The lowest BCUT2D eigenvalue weighted by Gasteiger charge is -2.50. The molecular weight excluding hydrogens is 754 g/mol. The number of anilines is 4. The third-order valence-electron chi connectivity index (χ3n) is 11.7. The van der Waals surface area contributed by atoms with Gasteiger partial charge in [-0.1, -0.05) is 65.2 Å². The summed E-state index contributed by atoms with van der Waals surface area (Å²) in [6, 6.07) is 33.2. The Morgan fingerprint density at radius 1 is 0.714 bits per heavy atom. The molecule has 2 saturated heterocycles. The zero-order chi connectivity index (χ0) is 38.9. The Balaban J connectivity index is 1.16. The molecule has 280 valence electrons. The number of aromatic hydroxyl groups is 1. The van der Waals surface area contributed by atoms with Gasteiger partial charge in [0.25, 0.3) is 11.8 Å². The minimum Gasteiger partial charge on any atom is -0.508 e. The van der Waals surface area contributed by atoms with Gasteiger partial charge in [0.15, 0.2) is 0 Å². The van der Waals surface area contributed by atoms with E-state index in [1.165, 1.54) is 41.3 Å². The van der Waals surface area contributed by atoms with E-state index in [0.29, 0.717) is 38.1 Å². The van der Waals surface area contributed by atoms with Gasteiger partial charge in [0.1, 0.15) is 11.6 Å². The van der Waals surface area contributed by atoms with Gasteiger partial charge in [-0.3, -0.25) is 29.5 Å². The maximum absolute atomic E-state index is 15.3. The Labute approximate surface area is 331 Å². The summed E-state index contributed by atoms with van der Waals surface area (Å²) in [7, 11) is 0. The second-order valence-electron chi connectivity index (χ2n) is 14.6. The number of amides is 4. The summed E-state index contributed by atoms with van der Waals surface area (Å²) in [6.45, 7) is 0. The van der Waals surface area contributed by atoms with Crippen LogP contribution in [0.2, 0.25) is 10.0 Å². The van der Waals surface area contributed by atoms with E-state index in [4.69, 9.17) is 23.2 Å². The van der Waals surface area contributed by atoms with Crippen molar-refractivity contribution in [3.05, 3.63) is 160 Å². The molecule has 0 aromatic heterocycles. The van der Waals surface area contributed by atoms with Gasteiger partial charge in [0.2, 0.25) is 11.8 Å². The molecule has 6 atom stereocenters. The van der Waals surface area contributed by atoms with Crippen LogP contribution in [0.25, 0.3) is 0 Å². The summed E-state index contributed by atoms with van der Waals surface area (Å²) >= 11 is 13.0. The first kappa shape index (κ1) is 35.7. The number of nitrogens with zero attached hydrogens (tertiary/aromatic N) is 2. The molecule has 4 amide bonds. The third-order valence-corrected chi connectivity index (χ3v) is 12.2. The number of rotatable bonds is 7. The lowest BCUT2D eigenvalue weighted by Crippen LogP contribution is -2.53. The topological polar surface area (TPSA) is 119 Å². The first-order chi connectivity index (χ1) is 27.1. The molecule has 0 spiro atoms. The van der Waals surface area contributed by atoms with E-state index >= 15 is 4.79 Å². The van der Waals surface area contributed by atoms with Crippen molar-refractivity contribution in [2.45, 2.75) is 24.2 Å². The zero-order valence-corrected chi connectivity index (χ0v) is 31.0. The molecular formula is C44H33Cl2FN4O5. The second-order valence-corrected chi connectivity index (χ2v) is 15.5. The first-order valence-corrected chi connectivity index (χ1v) is 19.0. The molecule has 2 aliphatic carbocycles. The Morgan fingerprint density at radius 3 is 2.09 bits per heavy atom. The molecule has 2 aliphatic heterocycles. The number of hydrogen-bond acceptors (Lipinski definition) is 7. The SMILES string of the molecule is O=C1[C@@H]2C[C@@H]3C(=CC[C@@H]4C(=O)N(c5ccc(Nc6ccccc6)cc5)C(=O)[C@@H]43)[C@H](c3cc(Cl)ccc3O)[C@]2(c2ccc(Cl)cc2)C(=O)N1Nc1ccc(F)cc1. The van der Waals surface area contributed by atoms with Crippen molar-refractivity contribution in [2.24, 2.45) is 23.7 Å². The van der Waals surface area contributed by atoms with Crippen molar-refractivity contribution in [3.8, 4) is 5.75 Å². The molecule has 5 aromatic carbocycles. The first-order valence-electron chi connectivity index (χ1n) is 18.2. The van der Waals surface area contributed by atoms with Crippen molar-refractivity contribution in [1.82, 2.24) is 5.01 Å². The molecule has 3 N–H and O–H groups in total. The number of imide groups is 2. The smallest absolute Gasteiger partial charge is 0.260 e. The number of nitrogens with one attached hydrogen (secondary N) is 2. The van der Waals surface area contributed by atoms with E-state index < -0.39 is 58.5 Å². The number of allylic oxidation sites excluding steroid dienone is 2. The Bertz CT molecular complexity index is 2440. The Morgan fingerprint density at radius 2 is 1.38 bits per heavy atom. The number of carbonyl (C=O) groups excluding carboxylic acids is 4. The molecule has 12 heteroatoms. The predicted molar refractivity (Wildman–Crippen MR) is 211 cm³/mol. The maximum atomic E-state index is 15.3. The Hall–Kier alpha value is -5.97. The number of para-hydroxylation sites is 1. The minimum absolute atomic E-state index is 0.0480. The van der Waals surface area contributed by atoms with E-state index in [2.05, 4.69) is 10.7 Å². The molecule has 9 rings (SSSR count). The molecule has 3 fully saturated rings. The largest absolute Gasteiger partial charge is 0.508 e. The number of benzene rings is 5. The number of phenols is 1. The minimum atomic E-state index is -1.65. The van der Waals surface area contributed by atoms with Crippen molar-refractivity contribution < 1.29 is 28.7 Å². The number of fused-ring (bicyclic) bond motifs is 4. The van der Waals surface area contributed by atoms with Crippen molar-refractivity contribution >= 4 is 69.6 Å². The van der Waals surface area contributed by atoms with Gasteiger partial charge < -0.3 is 10.4 Å². The van der Waals surface area contributed by atoms with Crippen LogP contribution in [0.1, 0.15) is 29.9 Å². The highest BCUT2D eigenvalue weighted by Crippen LogP contribution is 2.65. The predicted octanol–water partition coefficient (Wildman–Crippen LogP) is 8.77. The van der Waals surface area contributed by atoms with Gasteiger partial charge in [-0.15, -0.1) is 0 Å². The molecule has 5 aromatic rings. The average Bonchev–Trinajstić information content (AvgIpc) is 3.58. The zero-order valence-electron chi connectivity index (χ0n) is 29.5. The van der Waals surface area contributed by atoms with Crippen LogP contribution in [0.5, 0.6) is 5.75 Å². The third kappa shape index (κ3) is 5.58. The lowest BCUT2D eigenvalue weighted by atomic mass is 9.49. The fraction of sp³-hybridized carbons (Fsp3) is 0.182. The van der Waals surface area contributed by atoms with E-state index in [1.54, 1.807) is 54.6 Å². The average molecular weight is 788 g/mol. The van der Waals surface area contributed by atoms with Crippen LogP contribution < -0.4 is 15.6 Å². The van der Waals surface area contributed by atoms with Crippen molar-refractivity contribution in [3.63, 3.8) is 0 Å². The summed E-state index contributed by atoms with van der Waals surface area (Å²) < 4.78 is 13.9.